The topological polar surface area (TPSA) is 118 Å². The standard InChI is InChI=1S/C3H6O3.Ca.2H2O/c1-2(4)3(5)6;;;/h2,4H,1H3,(H,5,6);;2*1H2/q;+2;;/p-2. The third-order valence-electron chi connectivity index (χ3n) is 0.357. The van der Waals surface area contributed by atoms with E-state index >= 15 is 0 Å². The molecule has 0 radical (unpaired) electrons. The van der Waals surface area contributed by atoms with E-state index in [-0.39, 0.29) is 48.7 Å². The van der Waals surface area contributed by atoms with Crippen LogP contribution in [0.3, 0.4) is 0 Å². The molecule has 0 aliphatic heterocycles. The van der Waals surface area contributed by atoms with Crippen molar-refractivity contribution in [3.05, 3.63) is 0 Å². The summed E-state index contributed by atoms with van der Waals surface area (Å²) in [7, 11) is 0. The molecule has 0 spiro atoms. The van der Waals surface area contributed by atoms with Crippen LogP contribution >= 0.6 is 0 Å². The van der Waals surface area contributed by atoms with Crippen LogP contribution in [-0.4, -0.2) is 71.0 Å². The smallest absolute Gasteiger partial charge is 0.870 e. The molecule has 9 heavy (non-hydrogen) atoms. The maximum absolute atomic E-state index is 9.45. The molecule has 0 aliphatic carbocycles. The number of hydrogen-bond donors (Lipinski definition) is 2. The molecule has 4 N–H and O–H groups in total. The van der Waals surface area contributed by atoms with Gasteiger partial charge in [0.25, 0.3) is 0 Å². The van der Waals surface area contributed by atoms with Gasteiger partial charge in [0.1, 0.15) is 6.10 Å². The summed E-state index contributed by atoms with van der Waals surface area (Å²) in [6.45, 7) is 1.20. The molecule has 0 aliphatic rings. The van der Waals surface area contributed by atoms with E-state index < -0.39 is 12.1 Å². The molecule has 1 unspecified atom stereocenters. The predicted octanol–water partition coefficient (Wildman–Crippen LogP) is -1.28. The summed E-state index contributed by atoms with van der Waals surface area (Å²) in [4.78, 5) is 9.45. The first-order valence-electron chi connectivity index (χ1n) is 1.55. The molecule has 52 valence electrons. The van der Waals surface area contributed by atoms with Crippen LogP contribution in [0, 0.1) is 0 Å². The Labute approximate surface area is 82.3 Å². The molecule has 0 amide bonds. The zero-order chi connectivity index (χ0) is 5.15. The average Bonchev–Trinajstić information content (AvgIpc) is 1.36. The summed E-state index contributed by atoms with van der Waals surface area (Å²) < 4.78 is 0. The van der Waals surface area contributed by atoms with E-state index in [1.165, 1.54) is 6.92 Å². The third-order valence-corrected chi connectivity index (χ3v) is 0.357. The molecule has 5 nitrogen and oxygen atoms in total. The van der Waals surface area contributed by atoms with Gasteiger partial charge in [-0.3, -0.25) is 0 Å². The van der Waals surface area contributed by atoms with Crippen molar-refractivity contribution >= 4 is 43.7 Å². The van der Waals surface area contributed by atoms with Crippen LogP contribution in [0.1, 0.15) is 6.92 Å². The van der Waals surface area contributed by atoms with Gasteiger partial charge in [-0.25, -0.2) is 4.79 Å². The van der Waals surface area contributed by atoms with Gasteiger partial charge in [0, 0.05) is 0 Å². The summed E-state index contributed by atoms with van der Waals surface area (Å²) in [6, 6.07) is 0. The molecule has 0 heterocycles. The minimum atomic E-state index is -1.23. The van der Waals surface area contributed by atoms with Gasteiger partial charge >= 0.3 is 43.7 Å². The second-order valence-corrected chi connectivity index (χ2v) is 1.01. The average molecular weight is 164 g/mol. The van der Waals surface area contributed by atoms with Gasteiger partial charge in [-0.15, -0.1) is 0 Å². The minimum Gasteiger partial charge on any atom is -0.870 e. The fourth-order valence-corrected chi connectivity index (χ4v) is 0. The Hall–Kier alpha value is 0.610. The van der Waals surface area contributed by atoms with Crippen molar-refractivity contribution in [3.63, 3.8) is 0 Å². The molecule has 0 aromatic carbocycles. The molecular weight excluding hydrogens is 156 g/mol. The Bertz CT molecular complexity index is 63.2. The monoisotopic (exact) mass is 164 g/mol. The number of carbonyl (C=O) groups is 1. The Morgan fingerprint density at radius 1 is 1.44 bits per heavy atom. The van der Waals surface area contributed by atoms with Crippen LogP contribution in [-0.2, 0) is 4.79 Å². The molecule has 0 fully saturated rings. The summed E-state index contributed by atoms with van der Waals surface area (Å²) in [5, 5.41) is 15.8. The Morgan fingerprint density at radius 3 is 1.56 bits per heavy atom. The van der Waals surface area contributed by atoms with Gasteiger partial charge in [-0.1, -0.05) is 0 Å². The Morgan fingerprint density at radius 2 is 1.56 bits per heavy atom. The van der Waals surface area contributed by atoms with Crippen molar-refractivity contribution in [3.8, 4) is 0 Å². The molecule has 6 heteroatoms. The third kappa shape index (κ3) is 17.7. The van der Waals surface area contributed by atoms with E-state index in [2.05, 4.69) is 0 Å². The van der Waals surface area contributed by atoms with E-state index in [1.807, 2.05) is 0 Å². The fourth-order valence-electron chi connectivity index (χ4n) is 0. The van der Waals surface area contributed by atoms with Crippen molar-refractivity contribution in [1.82, 2.24) is 0 Å². The SMILES string of the molecule is CC(O)C(=O)O.[Ca+2].[OH-].[OH-]. The fraction of sp³-hybridized carbons (Fsp3) is 0.667. The second kappa shape index (κ2) is 11.4. The molecule has 0 aromatic heterocycles. The number of rotatable bonds is 1. The van der Waals surface area contributed by atoms with Crippen molar-refractivity contribution in [2.24, 2.45) is 0 Å². The number of hydrogen-bond acceptors (Lipinski definition) is 4. The van der Waals surface area contributed by atoms with Crippen molar-refractivity contribution in [1.29, 1.82) is 0 Å². The largest absolute Gasteiger partial charge is 2.00 e. The van der Waals surface area contributed by atoms with Crippen molar-refractivity contribution in [2.45, 2.75) is 13.0 Å². The van der Waals surface area contributed by atoms with Crippen molar-refractivity contribution < 1.29 is 26.0 Å². The maximum Gasteiger partial charge on any atom is 2.00 e. The quantitative estimate of drug-likeness (QED) is 0.468. The molecule has 0 aromatic rings. The summed E-state index contributed by atoms with van der Waals surface area (Å²) in [5.74, 6) is -1.19. The number of aliphatic carboxylic acids is 1. The zero-order valence-electron chi connectivity index (χ0n) is 4.98. The number of carboxylic acid groups (broad SMARTS) is 1. The first-order chi connectivity index (χ1) is 2.64. The molecule has 0 bridgehead atoms. The van der Waals surface area contributed by atoms with Crippen LogP contribution in [0.5, 0.6) is 0 Å². The van der Waals surface area contributed by atoms with Crippen molar-refractivity contribution in [2.75, 3.05) is 0 Å². The van der Waals surface area contributed by atoms with Crippen LogP contribution in [0.4, 0.5) is 0 Å². The van der Waals surface area contributed by atoms with Gasteiger partial charge in [0.2, 0.25) is 0 Å². The van der Waals surface area contributed by atoms with E-state index in [1.54, 1.807) is 0 Å². The molecule has 0 saturated heterocycles. The normalized spacial score (nSPS) is 9.11. The minimum absolute atomic E-state index is 0. The van der Waals surface area contributed by atoms with Gasteiger partial charge in [0.15, 0.2) is 0 Å². The Kier molecular flexibility index (Phi) is 28.7. The van der Waals surface area contributed by atoms with Crippen LogP contribution in [0.2, 0.25) is 0 Å². The van der Waals surface area contributed by atoms with Gasteiger partial charge in [-0.05, 0) is 6.92 Å². The van der Waals surface area contributed by atoms with E-state index in [4.69, 9.17) is 10.2 Å². The van der Waals surface area contributed by atoms with Crippen LogP contribution < -0.4 is 0 Å². The maximum atomic E-state index is 9.45. The van der Waals surface area contributed by atoms with E-state index in [9.17, 15) is 4.79 Å². The van der Waals surface area contributed by atoms with Gasteiger partial charge in [-0.2, -0.15) is 0 Å². The molecule has 0 saturated carbocycles. The number of aliphatic hydroxyl groups excluding tert-OH is 1. The van der Waals surface area contributed by atoms with E-state index in [0.717, 1.165) is 0 Å². The van der Waals surface area contributed by atoms with E-state index in [0.29, 0.717) is 0 Å². The van der Waals surface area contributed by atoms with Gasteiger partial charge < -0.3 is 21.2 Å². The van der Waals surface area contributed by atoms with Crippen LogP contribution in [0.15, 0.2) is 0 Å². The molecule has 1 atom stereocenters. The summed E-state index contributed by atoms with van der Waals surface area (Å²) in [5.41, 5.74) is 0. The number of aliphatic hydroxyl groups is 1. The Balaban J connectivity index is -0.0000000417. The van der Waals surface area contributed by atoms with Gasteiger partial charge in [0.05, 0.1) is 0 Å². The van der Waals surface area contributed by atoms with Crippen LogP contribution in [0.25, 0.3) is 0 Å². The summed E-state index contributed by atoms with van der Waals surface area (Å²) >= 11 is 0. The number of carboxylic acids is 1. The molecule has 0 rings (SSSR count). The summed E-state index contributed by atoms with van der Waals surface area (Å²) in [6.07, 6.45) is -1.23. The molecular formula is C3H8CaO5. The first-order valence-corrected chi connectivity index (χ1v) is 1.55. The zero-order valence-corrected chi connectivity index (χ0v) is 7.19. The predicted molar refractivity (Wildman–Crippen MR) is 28.9 cm³/mol. The second-order valence-electron chi connectivity index (χ2n) is 1.01. The first kappa shape index (κ1) is 22.6.